The molecule has 0 aliphatic rings. The Morgan fingerprint density at radius 2 is 1.87 bits per heavy atom. The van der Waals surface area contributed by atoms with E-state index >= 15 is 0 Å². The average Bonchev–Trinajstić information content (AvgIpc) is 3.36. The maximum Gasteiger partial charge on any atom is 0.295 e. The highest BCUT2D eigenvalue weighted by atomic mass is 32.2. The lowest BCUT2D eigenvalue weighted by Gasteiger charge is -2.08. The summed E-state index contributed by atoms with van der Waals surface area (Å²) in [6, 6.07) is 11.3. The zero-order chi connectivity index (χ0) is 22.3. The summed E-state index contributed by atoms with van der Waals surface area (Å²) >= 11 is 1.21. The molecule has 0 saturated heterocycles. The summed E-state index contributed by atoms with van der Waals surface area (Å²) in [7, 11) is 1.85. The van der Waals surface area contributed by atoms with Gasteiger partial charge in [-0.25, -0.2) is 9.78 Å². The van der Waals surface area contributed by atoms with E-state index in [0.717, 1.165) is 22.8 Å². The first kappa shape index (κ1) is 20.7. The number of aromatic nitrogens is 6. The van der Waals surface area contributed by atoms with E-state index < -0.39 is 0 Å². The first-order chi connectivity index (χ1) is 14.8. The Morgan fingerprint density at radius 3 is 2.52 bits per heavy atom. The summed E-state index contributed by atoms with van der Waals surface area (Å²) in [4.78, 5) is 30.3. The lowest BCUT2D eigenvalue weighted by atomic mass is 10.2. The predicted molar refractivity (Wildman–Crippen MR) is 120 cm³/mol. The molecule has 160 valence electrons. The zero-order valence-corrected chi connectivity index (χ0v) is 18.5. The highest BCUT2D eigenvalue weighted by Gasteiger charge is 2.23. The Balaban J connectivity index is 1.73. The summed E-state index contributed by atoms with van der Waals surface area (Å²) in [5.41, 5.74) is 9.63. The number of thioether (sulfide) groups is 1. The van der Waals surface area contributed by atoms with Crippen LogP contribution in [0.3, 0.4) is 0 Å². The van der Waals surface area contributed by atoms with Crippen molar-refractivity contribution < 1.29 is 4.79 Å². The minimum atomic E-state index is -0.141. The summed E-state index contributed by atoms with van der Waals surface area (Å²) in [5, 5.41) is 6.91. The molecule has 0 radical (unpaired) electrons. The fourth-order valence-electron chi connectivity index (χ4n) is 3.73. The van der Waals surface area contributed by atoms with Crippen LogP contribution in [0.15, 0.2) is 46.3 Å². The number of anilines is 1. The molecule has 0 saturated carbocycles. The van der Waals surface area contributed by atoms with E-state index in [9.17, 15) is 9.59 Å². The number of nitrogens with zero attached hydrogens (tertiary/aromatic N) is 5. The molecule has 4 aromatic rings. The van der Waals surface area contributed by atoms with Crippen molar-refractivity contribution in [2.24, 2.45) is 7.05 Å². The van der Waals surface area contributed by atoms with Crippen LogP contribution in [0.2, 0.25) is 0 Å². The van der Waals surface area contributed by atoms with Gasteiger partial charge in [0, 0.05) is 24.0 Å². The van der Waals surface area contributed by atoms with Crippen molar-refractivity contribution in [2.45, 2.75) is 25.9 Å². The number of benzene rings is 1. The third-order valence-electron chi connectivity index (χ3n) is 5.29. The van der Waals surface area contributed by atoms with E-state index in [1.807, 2.05) is 73.5 Å². The molecule has 0 aliphatic heterocycles. The first-order valence-electron chi connectivity index (χ1n) is 9.66. The SMILES string of the molecule is Cc1cc(C(=O)CSc2n[nH]c(N)n2)c(C)n1-c1c(C)n(C)n(-c2ccccc2)c1=O. The van der Waals surface area contributed by atoms with Crippen LogP contribution in [-0.2, 0) is 7.05 Å². The van der Waals surface area contributed by atoms with Crippen LogP contribution < -0.4 is 11.3 Å². The maximum atomic E-state index is 13.4. The number of ketones is 1. The van der Waals surface area contributed by atoms with Gasteiger partial charge in [0.1, 0.15) is 5.69 Å². The van der Waals surface area contributed by atoms with Gasteiger partial charge in [-0.1, -0.05) is 30.0 Å². The Hall–Kier alpha value is -3.53. The van der Waals surface area contributed by atoms with E-state index in [0.29, 0.717) is 16.4 Å². The molecule has 0 amide bonds. The van der Waals surface area contributed by atoms with Gasteiger partial charge in [0.15, 0.2) is 5.78 Å². The van der Waals surface area contributed by atoms with Gasteiger partial charge >= 0.3 is 0 Å². The van der Waals surface area contributed by atoms with Crippen LogP contribution in [0.5, 0.6) is 0 Å². The smallest absolute Gasteiger partial charge is 0.295 e. The van der Waals surface area contributed by atoms with Crippen molar-refractivity contribution in [3.05, 3.63) is 69.4 Å². The molecule has 4 rings (SSSR count). The molecule has 3 heterocycles. The van der Waals surface area contributed by atoms with Crippen LogP contribution >= 0.6 is 11.8 Å². The number of Topliss-reactive ketones (excluding diaryl/α,β-unsaturated/α-hetero) is 1. The van der Waals surface area contributed by atoms with E-state index in [-0.39, 0.29) is 23.0 Å². The van der Waals surface area contributed by atoms with Crippen molar-refractivity contribution in [3.8, 4) is 11.4 Å². The number of aryl methyl sites for hydroxylation is 1. The second kappa shape index (κ2) is 7.95. The second-order valence-corrected chi connectivity index (χ2v) is 8.19. The van der Waals surface area contributed by atoms with E-state index in [1.165, 1.54) is 11.8 Å². The number of carbonyl (C=O) groups excluding carboxylic acids is 1. The number of hydrogen-bond donors (Lipinski definition) is 2. The third-order valence-corrected chi connectivity index (χ3v) is 6.14. The molecule has 0 spiro atoms. The molecule has 3 aromatic heterocycles. The lowest BCUT2D eigenvalue weighted by Crippen LogP contribution is -2.22. The number of nitrogens with one attached hydrogen (secondary N) is 1. The Morgan fingerprint density at radius 1 is 1.16 bits per heavy atom. The molecule has 1 aromatic carbocycles. The van der Waals surface area contributed by atoms with Crippen molar-refractivity contribution in [2.75, 3.05) is 11.5 Å². The van der Waals surface area contributed by atoms with Gasteiger partial charge in [0.2, 0.25) is 11.1 Å². The van der Waals surface area contributed by atoms with Gasteiger partial charge in [0.25, 0.3) is 5.56 Å². The Bertz CT molecular complexity index is 1330. The van der Waals surface area contributed by atoms with Crippen LogP contribution in [0.25, 0.3) is 11.4 Å². The highest BCUT2D eigenvalue weighted by Crippen LogP contribution is 2.24. The molecule has 31 heavy (non-hydrogen) atoms. The molecule has 0 unspecified atom stereocenters. The number of nitrogen functional groups attached to an aromatic ring is 1. The van der Waals surface area contributed by atoms with Gasteiger partial charge < -0.3 is 10.3 Å². The molecule has 9 nitrogen and oxygen atoms in total. The van der Waals surface area contributed by atoms with Gasteiger partial charge in [0.05, 0.1) is 17.1 Å². The Labute approximate surface area is 182 Å². The Kier molecular flexibility index (Phi) is 5.32. The number of aromatic amines is 1. The van der Waals surface area contributed by atoms with Crippen molar-refractivity contribution in [3.63, 3.8) is 0 Å². The standard InChI is InChI=1S/C21H23N7O2S/c1-12-10-16(17(29)11-31-21-23-20(22)24-25-21)13(2)27(12)18-14(3)26(4)28(19(18)30)15-8-6-5-7-9-15/h5-10H,11H2,1-4H3,(H3,22,23,24,25). The summed E-state index contributed by atoms with van der Waals surface area (Å²) < 4.78 is 5.32. The number of nitrogens with two attached hydrogens (primary N) is 1. The van der Waals surface area contributed by atoms with Gasteiger partial charge in [-0.05, 0) is 39.0 Å². The number of hydrogen-bond acceptors (Lipinski definition) is 6. The molecule has 10 heteroatoms. The van der Waals surface area contributed by atoms with E-state index in [2.05, 4.69) is 15.2 Å². The molecule has 0 atom stereocenters. The molecule has 0 bridgehead atoms. The highest BCUT2D eigenvalue weighted by molar-refractivity contribution is 7.99. The van der Waals surface area contributed by atoms with Crippen LogP contribution in [0.1, 0.15) is 27.4 Å². The fourth-order valence-corrected chi connectivity index (χ4v) is 4.42. The van der Waals surface area contributed by atoms with Crippen molar-refractivity contribution >= 4 is 23.5 Å². The van der Waals surface area contributed by atoms with E-state index in [1.54, 1.807) is 4.68 Å². The topological polar surface area (TPSA) is 117 Å². The summed E-state index contributed by atoms with van der Waals surface area (Å²) in [5.74, 6) is 0.316. The largest absolute Gasteiger partial charge is 0.368 e. The lowest BCUT2D eigenvalue weighted by molar-refractivity contribution is 0.102. The number of para-hydroxylation sites is 1. The van der Waals surface area contributed by atoms with Crippen molar-refractivity contribution in [1.29, 1.82) is 0 Å². The third kappa shape index (κ3) is 3.59. The van der Waals surface area contributed by atoms with Crippen LogP contribution in [0.4, 0.5) is 5.95 Å². The molecular weight excluding hydrogens is 414 g/mol. The predicted octanol–water partition coefficient (Wildman–Crippen LogP) is 2.57. The second-order valence-electron chi connectivity index (χ2n) is 7.25. The number of rotatable bonds is 6. The molecule has 3 N–H and O–H groups in total. The quantitative estimate of drug-likeness (QED) is 0.354. The number of H-pyrrole nitrogens is 1. The summed E-state index contributed by atoms with van der Waals surface area (Å²) in [6.45, 7) is 5.65. The number of carbonyl (C=O) groups is 1. The average molecular weight is 438 g/mol. The minimum Gasteiger partial charge on any atom is -0.368 e. The van der Waals surface area contributed by atoms with Gasteiger partial charge in [-0.15, -0.1) is 5.10 Å². The molecule has 0 aliphatic carbocycles. The maximum absolute atomic E-state index is 13.4. The monoisotopic (exact) mass is 437 g/mol. The fraction of sp³-hybridized carbons (Fsp3) is 0.238. The van der Waals surface area contributed by atoms with E-state index in [4.69, 9.17) is 5.73 Å². The van der Waals surface area contributed by atoms with Gasteiger partial charge in [-0.3, -0.25) is 14.3 Å². The van der Waals surface area contributed by atoms with Crippen LogP contribution in [-0.4, -0.2) is 40.6 Å². The zero-order valence-electron chi connectivity index (χ0n) is 17.7. The molecular formula is C21H23N7O2S. The summed E-state index contributed by atoms with van der Waals surface area (Å²) in [6.07, 6.45) is 0. The first-order valence-corrected chi connectivity index (χ1v) is 10.7. The minimum absolute atomic E-state index is 0.0651. The molecule has 0 fully saturated rings. The van der Waals surface area contributed by atoms with Crippen LogP contribution in [0, 0.1) is 20.8 Å². The van der Waals surface area contributed by atoms with Gasteiger partial charge in [-0.2, -0.15) is 4.98 Å². The normalized spacial score (nSPS) is 11.2. The van der Waals surface area contributed by atoms with Crippen molar-refractivity contribution in [1.82, 2.24) is 29.1 Å².